The summed E-state index contributed by atoms with van der Waals surface area (Å²) < 4.78 is 16.2. The number of nitrogens with zero attached hydrogens (tertiary/aromatic N) is 2. The molecule has 0 saturated heterocycles. The van der Waals surface area contributed by atoms with Gasteiger partial charge in [-0.25, -0.2) is 4.98 Å². The van der Waals surface area contributed by atoms with Gasteiger partial charge in [-0.15, -0.1) is 0 Å². The first kappa shape index (κ1) is 14.3. The molecule has 0 aliphatic heterocycles. The van der Waals surface area contributed by atoms with E-state index >= 15 is 0 Å². The number of hydrogen-bond acceptors (Lipinski definition) is 5. The van der Waals surface area contributed by atoms with Crippen LogP contribution < -0.4 is 9.47 Å². The van der Waals surface area contributed by atoms with Crippen LogP contribution in [0.2, 0.25) is 0 Å². The number of benzene rings is 1. The third-order valence-electron chi connectivity index (χ3n) is 4.27. The molecule has 0 fully saturated rings. The van der Waals surface area contributed by atoms with Crippen LogP contribution in [0.15, 0.2) is 41.0 Å². The fourth-order valence-corrected chi connectivity index (χ4v) is 3.20. The highest BCUT2D eigenvalue weighted by atomic mass is 16.5. The van der Waals surface area contributed by atoms with Gasteiger partial charge in [0.15, 0.2) is 0 Å². The third-order valence-corrected chi connectivity index (χ3v) is 4.27. The molecule has 0 saturated carbocycles. The minimum atomic E-state index is 0.311. The fraction of sp³-hybridized carbons (Fsp3) is 0.158. The van der Waals surface area contributed by atoms with Crippen molar-refractivity contribution in [3.63, 3.8) is 0 Å². The Kier molecular flexibility index (Phi) is 3.24. The van der Waals surface area contributed by atoms with Crippen molar-refractivity contribution >= 4 is 0 Å². The second-order valence-electron chi connectivity index (χ2n) is 5.49. The Labute approximate surface area is 139 Å². The number of hydrogen-bond donors (Lipinski definition) is 0. The second-order valence-corrected chi connectivity index (χ2v) is 5.49. The lowest BCUT2D eigenvalue weighted by molar-refractivity contribution is 0.397. The Morgan fingerprint density at radius 3 is 2.75 bits per heavy atom. The van der Waals surface area contributed by atoms with Gasteiger partial charge in [-0.05, 0) is 41.5 Å². The summed E-state index contributed by atoms with van der Waals surface area (Å²) in [4.78, 5) is 4.58. The molecule has 2 aromatic heterocycles. The average molecular weight is 318 g/mol. The van der Waals surface area contributed by atoms with Gasteiger partial charge in [0.2, 0.25) is 5.88 Å². The van der Waals surface area contributed by atoms with Crippen LogP contribution in [0, 0.1) is 11.3 Å². The van der Waals surface area contributed by atoms with Crippen LogP contribution in [0.3, 0.4) is 0 Å². The summed E-state index contributed by atoms with van der Waals surface area (Å²) in [5, 5.41) is 9.63. The summed E-state index contributed by atoms with van der Waals surface area (Å²) in [6.45, 7) is 0. The van der Waals surface area contributed by atoms with E-state index in [1.807, 2.05) is 24.3 Å². The Morgan fingerprint density at radius 2 is 2.08 bits per heavy atom. The number of rotatable bonds is 3. The van der Waals surface area contributed by atoms with Gasteiger partial charge in [0.25, 0.3) is 0 Å². The molecule has 0 bridgehead atoms. The molecule has 5 heteroatoms. The molecule has 0 spiro atoms. The maximum absolute atomic E-state index is 9.63. The van der Waals surface area contributed by atoms with E-state index in [0.29, 0.717) is 23.6 Å². The summed E-state index contributed by atoms with van der Waals surface area (Å²) in [5.41, 5.74) is 5.09. The van der Waals surface area contributed by atoms with Crippen molar-refractivity contribution in [2.45, 2.75) is 6.42 Å². The molecule has 2 heterocycles. The molecule has 0 atom stereocenters. The number of aromatic nitrogens is 1. The number of nitriles is 1. The summed E-state index contributed by atoms with van der Waals surface area (Å²) in [6, 6.07) is 11.8. The Balaban J connectivity index is 2.02. The minimum absolute atomic E-state index is 0.311. The largest absolute Gasteiger partial charge is 0.497 e. The molecule has 118 valence electrons. The first-order valence-corrected chi connectivity index (χ1v) is 7.49. The average Bonchev–Trinajstić information content (AvgIpc) is 3.26. The molecule has 0 N–H and O–H groups in total. The topological polar surface area (TPSA) is 68.3 Å². The monoisotopic (exact) mass is 318 g/mol. The van der Waals surface area contributed by atoms with E-state index in [1.54, 1.807) is 19.4 Å². The minimum Gasteiger partial charge on any atom is -0.497 e. The van der Waals surface area contributed by atoms with E-state index < -0.39 is 0 Å². The lowest BCUT2D eigenvalue weighted by atomic mass is 9.99. The highest BCUT2D eigenvalue weighted by Crippen LogP contribution is 2.45. The Morgan fingerprint density at radius 1 is 1.21 bits per heavy atom. The summed E-state index contributed by atoms with van der Waals surface area (Å²) in [5.74, 6) is 1.75. The van der Waals surface area contributed by atoms with E-state index in [-0.39, 0.29) is 0 Å². The normalized spacial score (nSPS) is 11.5. The predicted molar refractivity (Wildman–Crippen MR) is 88.0 cm³/mol. The number of methoxy groups -OCH3 is 2. The smallest absolute Gasteiger partial charge is 0.232 e. The zero-order valence-corrected chi connectivity index (χ0v) is 13.3. The van der Waals surface area contributed by atoms with Crippen LogP contribution in [-0.4, -0.2) is 19.2 Å². The van der Waals surface area contributed by atoms with Gasteiger partial charge in [-0.2, -0.15) is 5.26 Å². The standard InChI is InChI=1S/C19H14N2O3/c1-22-12-5-6-13-11(8-12)9-14-17(16-4-3-7-24-16)15(10-20)19(23-2)21-18(13)14/h3-8H,9H2,1-2H3. The predicted octanol–water partition coefficient (Wildman–Crippen LogP) is 3.80. The maximum atomic E-state index is 9.63. The quantitative estimate of drug-likeness (QED) is 0.574. The second kappa shape index (κ2) is 5.43. The summed E-state index contributed by atoms with van der Waals surface area (Å²) in [7, 11) is 3.17. The molecule has 1 aromatic carbocycles. The SMILES string of the molecule is COc1ccc2c(c1)Cc1c-2nc(OC)c(C#N)c1-c1ccco1. The Hall–Kier alpha value is -3.26. The maximum Gasteiger partial charge on any atom is 0.232 e. The molecule has 1 aliphatic rings. The van der Waals surface area contributed by atoms with Crippen molar-refractivity contribution in [1.82, 2.24) is 4.98 Å². The van der Waals surface area contributed by atoms with Gasteiger partial charge in [0, 0.05) is 17.5 Å². The van der Waals surface area contributed by atoms with E-state index in [1.165, 1.54) is 7.11 Å². The summed E-state index contributed by atoms with van der Waals surface area (Å²) in [6.07, 6.45) is 2.27. The third kappa shape index (κ3) is 1.97. The molecule has 0 radical (unpaired) electrons. The van der Waals surface area contributed by atoms with Crippen molar-refractivity contribution in [2.24, 2.45) is 0 Å². The van der Waals surface area contributed by atoms with E-state index in [4.69, 9.17) is 13.9 Å². The molecular weight excluding hydrogens is 304 g/mol. The number of fused-ring (bicyclic) bond motifs is 3. The number of ether oxygens (including phenoxy) is 2. The molecular formula is C19H14N2O3. The lowest BCUT2D eigenvalue weighted by Gasteiger charge is -2.11. The van der Waals surface area contributed by atoms with Gasteiger partial charge in [0.1, 0.15) is 23.1 Å². The van der Waals surface area contributed by atoms with Crippen LogP contribution in [0.4, 0.5) is 0 Å². The van der Waals surface area contributed by atoms with Crippen molar-refractivity contribution in [3.8, 4) is 40.3 Å². The van der Waals surface area contributed by atoms with E-state index in [9.17, 15) is 5.26 Å². The Bertz CT molecular complexity index is 969. The molecule has 1 aliphatic carbocycles. The lowest BCUT2D eigenvalue weighted by Crippen LogP contribution is -2.00. The highest BCUT2D eigenvalue weighted by Gasteiger charge is 2.29. The van der Waals surface area contributed by atoms with Gasteiger partial charge in [-0.1, -0.05) is 0 Å². The van der Waals surface area contributed by atoms with Gasteiger partial charge >= 0.3 is 0 Å². The summed E-state index contributed by atoms with van der Waals surface area (Å²) >= 11 is 0. The number of furan rings is 1. The van der Waals surface area contributed by atoms with Crippen molar-refractivity contribution in [2.75, 3.05) is 14.2 Å². The molecule has 4 rings (SSSR count). The van der Waals surface area contributed by atoms with Crippen molar-refractivity contribution in [1.29, 1.82) is 5.26 Å². The fourth-order valence-electron chi connectivity index (χ4n) is 3.20. The molecule has 3 aromatic rings. The van der Waals surface area contributed by atoms with Gasteiger partial charge < -0.3 is 13.9 Å². The van der Waals surface area contributed by atoms with Crippen molar-refractivity contribution in [3.05, 3.63) is 53.3 Å². The zero-order valence-electron chi connectivity index (χ0n) is 13.3. The first-order valence-electron chi connectivity index (χ1n) is 7.49. The van der Waals surface area contributed by atoms with Crippen molar-refractivity contribution < 1.29 is 13.9 Å². The van der Waals surface area contributed by atoms with Gasteiger partial charge in [0.05, 0.1) is 26.2 Å². The molecule has 24 heavy (non-hydrogen) atoms. The first-order chi connectivity index (χ1) is 11.8. The van der Waals surface area contributed by atoms with Crippen LogP contribution in [0.1, 0.15) is 16.7 Å². The zero-order chi connectivity index (χ0) is 16.7. The van der Waals surface area contributed by atoms with Gasteiger partial charge in [-0.3, -0.25) is 0 Å². The number of pyridine rings is 1. The van der Waals surface area contributed by atoms with Crippen LogP contribution in [-0.2, 0) is 6.42 Å². The van der Waals surface area contributed by atoms with E-state index in [0.717, 1.165) is 33.7 Å². The van der Waals surface area contributed by atoms with Crippen LogP contribution >= 0.6 is 0 Å². The highest BCUT2D eigenvalue weighted by molar-refractivity contribution is 5.85. The molecule has 5 nitrogen and oxygen atoms in total. The van der Waals surface area contributed by atoms with Crippen LogP contribution in [0.5, 0.6) is 11.6 Å². The molecule has 0 amide bonds. The molecule has 0 unspecified atom stereocenters. The van der Waals surface area contributed by atoms with E-state index in [2.05, 4.69) is 11.1 Å². The van der Waals surface area contributed by atoms with Crippen LogP contribution in [0.25, 0.3) is 22.6 Å².